The molecule has 0 fully saturated rings. The number of likely N-dealkylation sites (N-methyl/N-ethyl adjacent to an activating group) is 1. The minimum atomic E-state index is -2.90. The molecule has 0 amide bonds. The Morgan fingerprint density at radius 3 is 2.70 bits per heavy atom. The van der Waals surface area contributed by atoms with Gasteiger partial charge in [-0.1, -0.05) is 19.1 Å². The molecule has 0 aromatic carbocycles. The molecule has 1 aromatic rings. The molecular formula is C12H25N5O2S. The highest BCUT2D eigenvalue weighted by molar-refractivity contribution is 7.90. The summed E-state index contributed by atoms with van der Waals surface area (Å²) in [6, 6.07) is 0.419. The van der Waals surface area contributed by atoms with Crippen molar-refractivity contribution in [3.05, 3.63) is 11.9 Å². The van der Waals surface area contributed by atoms with Crippen molar-refractivity contribution in [3.63, 3.8) is 0 Å². The summed E-state index contributed by atoms with van der Waals surface area (Å²) in [5, 5.41) is 11.4. The molecule has 20 heavy (non-hydrogen) atoms. The highest BCUT2D eigenvalue weighted by Gasteiger charge is 2.06. The lowest BCUT2D eigenvalue weighted by molar-refractivity contribution is 0.327. The second-order valence-corrected chi connectivity index (χ2v) is 7.70. The van der Waals surface area contributed by atoms with Crippen LogP contribution in [0.25, 0.3) is 0 Å². The summed E-state index contributed by atoms with van der Waals surface area (Å²) in [6.45, 7) is 6.87. The van der Waals surface area contributed by atoms with Gasteiger partial charge in [0.2, 0.25) is 0 Å². The molecule has 1 rings (SSSR count). The largest absolute Gasteiger partial charge is 0.309 e. The summed E-state index contributed by atoms with van der Waals surface area (Å²) >= 11 is 0. The van der Waals surface area contributed by atoms with Crippen LogP contribution in [0.3, 0.4) is 0 Å². The summed E-state index contributed by atoms with van der Waals surface area (Å²) in [5.41, 5.74) is 0.914. The van der Waals surface area contributed by atoms with E-state index in [0.29, 0.717) is 25.7 Å². The fourth-order valence-electron chi connectivity index (χ4n) is 1.54. The Bertz CT molecular complexity index is 498. The molecule has 7 nitrogen and oxygen atoms in total. The van der Waals surface area contributed by atoms with Gasteiger partial charge in [-0.15, -0.1) is 5.10 Å². The van der Waals surface area contributed by atoms with E-state index in [4.69, 9.17) is 0 Å². The predicted octanol–water partition coefficient (Wildman–Crippen LogP) is -0.247. The van der Waals surface area contributed by atoms with Gasteiger partial charge in [0, 0.05) is 38.1 Å². The molecule has 0 aliphatic carbocycles. The predicted molar refractivity (Wildman–Crippen MR) is 79.2 cm³/mol. The van der Waals surface area contributed by atoms with E-state index < -0.39 is 9.84 Å². The maximum absolute atomic E-state index is 11.1. The molecule has 0 bridgehead atoms. The zero-order chi connectivity index (χ0) is 15.2. The van der Waals surface area contributed by atoms with E-state index in [-0.39, 0.29) is 5.75 Å². The third kappa shape index (κ3) is 7.56. The van der Waals surface area contributed by atoms with Crippen LogP contribution in [0.4, 0.5) is 0 Å². The van der Waals surface area contributed by atoms with Gasteiger partial charge in [0.05, 0.1) is 18.0 Å². The minimum Gasteiger partial charge on any atom is -0.309 e. The van der Waals surface area contributed by atoms with Gasteiger partial charge in [-0.2, -0.15) is 0 Å². The lowest BCUT2D eigenvalue weighted by atomic mass is 10.3. The molecule has 1 N–H and O–H groups in total. The van der Waals surface area contributed by atoms with Gasteiger partial charge in [0.1, 0.15) is 9.84 Å². The summed E-state index contributed by atoms with van der Waals surface area (Å²) in [7, 11) is -0.992. The molecule has 0 atom stereocenters. The maximum Gasteiger partial charge on any atom is 0.148 e. The van der Waals surface area contributed by atoms with E-state index in [1.807, 2.05) is 18.1 Å². The molecule has 0 spiro atoms. The molecule has 8 heteroatoms. The molecule has 1 aromatic heterocycles. The smallest absolute Gasteiger partial charge is 0.148 e. The molecular weight excluding hydrogens is 278 g/mol. The van der Waals surface area contributed by atoms with Gasteiger partial charge in [0.15, 0.2) is 0 Å². The van der Waals surface area contributed by atoms with Gasteiger partial charge in [-0.3, -0.25) is 4.68 Å². The van der Waals surface area contributed by atoms with Crippen molar-refractivity contribution < 1.29 is 8.42 Å². The molecule has 0 saturated heterocycles. The van der Waals surface area contributed by atoms with Gasteiger partial charge in [-0.25, -0.2) is 8.42 Å². The third-order valence-electron chi connectivity index (χ3n) is 2.83. The van der Waals surface area contributed by atoms with Crippen LogP contribution < -0.4 is 5.32 Å². The zero-order valence-corrected chi connectivity index (χ0v) is 13.5. The van der Waals surface area contributed by atoms with E-state index in [1.54, 1.807) is 4.68 Å². The van der Waals surface area contributed by atoms with Crippen molar-refractivity contribution in [2.24, 2.45) is 0 Å². The number of nitrogens with one attached hydrogen (secondary N) is 1. The Morgan fingerprint density at radius 2 is 2.10 bits per heavy atom. The molecule has 116 valence electrons. The number of hydrogen-bond donors (Lipinski definition) is 1. The average molecular weight is 303 g/mol. The van der Waals surface area contributed by atoms with Crippen LogP contribution in [-0.4, -0.2) is 66.5 Å². The van der Waals surface area contributed by atoms with Crippen LogP contribution in [0.15, 0.2) is 6.20 Å². The lowest BCUT2D eigenvalue weighted by Crippen LogP contribution is -2.28. The lowest BCUT2D eigenvalue weighted by Gasteiger charge is -2.15. The molecule has 0 aliphatic rings. The second kappa shape index (κ2) is 7.70. The summed E-state index contributed by atoms with van der Waals surface area (Å²) in [4.78, 5) is 1.98. The fourth-order valence-corrected chi connectivity index (χ4v) is 2.19. The average Bonchev–Trinajstić information content (AvgIpc) is 2.78. The summed E-state index contributed by atoms with van der Waals surface area (Å²) < 4.78 is 23.9. The minimum absolute atomic E-state index is 0.185. The van der Waals surface area contributed by atoms with Crippen LogP contribution in [-0.2, 0) is 22.9 Å². The van der Waals surface area contributed by atoms with Crippen molar-refractivity contribution >= 4 is 9.84 Å². The normalized spacial score (nSPS) is 12.5. The van der Waals surface area contributed by atoms with E-state index in [9.17, 15) is 8.42 Å². The SMILES string of the molecule is CC(C)NCc1cn(CCN(C)CCS(C)(=O)=O)nn1. The van der Waals surface area contributed by atoms with Crippen LogP contribution >= 0.6 is 0 Å². The number of sulfone groups is 1. The van der Waals surface area contributed by atoms with Crippen molar-refractivity contribution in [2.75, 3.05) is 32.1 Å². The van der Waals surface area contributed by atoms with Gasteiger partial charge >= 0.3 is 0 Å². The monoisotopic (exact) mass is 303 g/mol. The van der Waals surface area contributed by atoms with Crippen molar-refractivity contribution in [2.45, 2.75) is 33.0 Å². The molecule has 0 radical (unpaired) electrons. The van der Waals surface area contributed by atoms with Crippen LogP contribution in [0, 0.1) is 0 Å². The Labute approximate surface area is 121 Å². The van der Waals surface area contributed by atoms with Crippen LogP contribution in [0.5, 0.6) is 0 Å². The number of rotatable bonds is 9. The molecule has 1 heterocycles. The fraction of sp³-hybridized carbons (Fsp3) is 0.833. The van der Waals surface area contributed by atoms with Crippen molar-refractivity contribution in [1.29, 1.82) is 0 Å². The summed E-state index contributed by atoms with van der Waals surface area (Å²) in [5.74, 6) is 0.185. The molecule has 0 saturated carbocycles. The zero-order valence-electron chi connectivity index (χ0n) is 12.7. The van der Waals surface area contributed by atoms with Gasteiger partial charge in [0.25, 0.3) is 0 Å². The standard InChI is InChI=1S/C12H25N5O2S/c1-11(2)13-9-12-10-17(15-14-12)6-5-16(3)7-8-20(4,18)19/h10-11,13H,5-9H2,1-4H3. The first-order valence-electron chi connectivity index (χ1n) is 6.75. The quantitative estimate of drug-likeness (QED) is 0.678. The van der Waals surface area contributed by atoms with Crippen LogP contribution in [0.2, 0.25) is 0 Å². The number of hydrogen-bond acceptors (Lipinski definition) is 6. The molecule has 0 unspecified atom stereocenters. The van der Waals surface area contributed by atoms with E-state index >= 15 is 0 Å². The van der Waals surface area contributed by atoms with E-state index in [0.717, 1.165) is 12.2 Å². The topological polar surface area (TPSA) is 80.1 Å². The first-order chi connectivity index (χ1) is 9.26. The highest BCUT2D eigenvalue weighted by Crippen LogP contribution is 1.95. The Kier molecular flexibility index (Phi) is 6.57. The maximum atomic E-state index is 11.1. The van der Waals surface area contributed by atoms with Crippen LogP contribution in [0.1, 0.15) is 19.5 Å². The number of nitrogens with zero attached hydrogens (tertiary/aromatic N) is 4. The second-order valence-electron chi connectivity index (χ2n) is 5.44. The first kappa shape index (κ1) is 17.1. The molecule has 0 aliphatic heterocycles. The van der Waals surface area contributed by atoms with E-state index in [2.05, 4.69) is 29.5 Å². The Morgan fingerprint density at radius 1 is 1.40 bits per heavy atom. The van der Waals surface area contributed by atoms with Gasteiger partial charge in [-0.05, 0) is 7.05 Å². The third-order valence-corrected chi connectivity index (χ3v) is 3.76. The highest BCUT2D eigenvalue weighted by atomic mass is 32.2. The number of aromatic nitrogens is 3. The van der Waals surface area contributed by atoms with Crippen molar-refractivity contribution in [3.8, 4) is 0 Å². The van der Waals surface area contributed by atoms with E-state index in [1.165, 1.54) is 6.26 Å². The Hall–Kier alpha value is -0.990. The Balaban J connectivity index is 2.31. The summed E-state index contributed by atoms with van der Waals surface area (Å²) in [6.07, 6.45) is 3.17. The van der Waals surface area contributed by atoms with Gasteiger partial charge < -0.3 is 10.2 Å². The van der Waals surface area contributed by atoms with Crippen molar-refractivity contribution in [1.82, 2.24) is 25.2 Å². The first-order valence-corrected chi connectivity index (χ1v) is 8.81.